The molecule has 5 heteroatoms. The van der Waals surface area contributed by atoms with E-state index in [1.165, 1.54) is 0 Å². The molecule has 0 fully saturated rings. The lowest BCUT2D eigenvalue weighted by molar-refractivity contribution is -0.118. The van der Waals surface area contributed by atoms with Gasteiger partial charge in [0.1, 0.15) is 11.5 Å². The molecule has 4 nitrogen and oxygen atoms in total. The Morgan fingerprint density at radius 3 is 2.62 bits per heavy atom. The van der Waals surface area contributed by atoms with E-state index in [4.69, 9.17) is 21.1 Å². The number of nitrogens with one attached hydrogen (secondary N) is 1. The van der Waals surface area contributed by atoms with Crippen molar-refractivity contribution >= 4 is 23.2 Å². The van der Waals surface area contributed by atoms with Gasteiger partial charge in [0.2, 0.25) is 0 Å². The number of rotatable bonds is 7. The van der Waals surface area contributed by atoms with Crippen LogP contribution in [0.3, 0.4) is 0 Å². The average Bonchev–Trinajstić information content (AvgIpc) is 2.55. The van der Waals surface area contributed by atoms with Crippen LogP contribution in [-0.2, 0) is 4.79 Å². The molecule has 1 N–H and O–H groups in total. The highest BCUT2D eigenvalue weighted by Crippen LogP contribution is 2.24. The molecule has 0 radical (unpaired) electrons. The van der Waals surface area contributed by atoms with Crippen LogP contribution in [0.4, 0.5) is 5.69 Å². The van der Waals surface area contributed by atoms with Crippen molar-refractivity contribution in [2.75, 3.05) is 18.5 Å². The maximum atomic E-state index is 12.1. The van der Waals surface area contributed by atoms with Gasteiger partial charge in [-0.25, -0.2) is 0 Å². The van der Waals surface area contributed by atoms with Gasteiger partial charge < -0.3 is 14.8 Å². The van der Waals surface area contributed by atoms with Crippen molar-refractivity contribution in [2.24, 2.45) is 5.92 Å². The Hall–Kier alpha value is -2.20. The van der Waals surface area contributed by atoms with Gasteiger partial charge in [0.05, 0.1) is 12.3 Å². The molecule has 0 aliphatic heterocycles. The third-order valence-corrected chi connectivity index (χ3v) is 3.66. The third kappa shape index (κ3) is 5.46. The summed E-state index contributed by atoms with van der Waals surface area (Å²) < 4.78 is 11.2. The van der Waals surface area contributed by atoms with Crippen LogP contribution in [0, 0.1) is 12.8 Å². The van der Waals surface area contributed by atoms with Gasteiger partial charge in [-0.1, -0.05) is 37.6 Å². The predicted octanol–water partition coefficient (Wildman–Crippen LogP) is 4.70. The molecule has 0 aliphatic carbocycles. The van der Waals surface area contributed by atoms with Gasteiger partial charge in [-0.2, -0.15) is 0 Å². The fraction of sp³-hybridized carbons (Fsp3) is 0.316. The van der Waals surface area contributed by atoms with Crippen molar-refractivity contribution in [3.8, 4) is 11.5 Å². The van der Waals surface area contributed by atoms with Crippen molar-refractivity contribution in [1.29, 1.82) is 0 Å². The molecule has 0 saturated heterocycles. The van der Waals surface area contributed by atoms with Crippen LogP contribution in [0.5, 0.6) is 11.5 Å². The summed E-state index contributed by atoms with van der Waals surface area (Å²) in [4.78, 5) is 12.1. The zero-order chi connectivity index (χ0) is 17.5. The van der Waals surface area contributed by atoms with Gasteiger partial charge in [-0.15, -0.1) is 0 Å². The standard InChI is InChI=1S/C19H22ClNO3/c1-13(2)11-24-18-7-5-4-6-17(18)21-19(22)12-23-15-8-9-16(20)14(3)10-15/h4-10,13H,11-12H2,1-3H3,(H,21,22). The molecule has 1 amide bonds. The lowest BCUT2D eigenvalue weighted by Gasteiger charge is -2.14. The molecule has 2 rings (SSSR count). The molecule has 0 saturated carbocycles. The molecule has 128 valence electrons. The first-order chi connectivity index (χ1) is 11.5. The number of halogens is 1. The first-order valence-corrected chi connectivity index (χ1v) is 8.24. The molecular formula is C19H22ClNO3. The molecule has 0 heterocycles. The van der Waals surface area contributed by atoms with E-state index in [1.807, 2.05) is 25.1 Å². The summed E-state index contributed by atoms with van der Waals surface area (Å²) in [6.07, 6.45) is 0. The van der Waals surface area contributed by atoms with Crippen LogP contribution in [0.15, 0.2) is 42.5 Å². The summed E-state index contributed by atoms with van der Waals surface area (Å²) in [6.45, 7) is 6.54. The molecule has 0 bridgehead atoms. The number of benzene rings is 2. The summed E-state index contributed by atoms with van der Waals surface area (Å²) in [5.41, 5.74) is 1.54. The van der Waals surface area contributed by atoms with E-state index in [0.29, 0.717) is 34.7 Å². The zero-order valence-electron chi connectivity index (χ0n) is 14.1. The largest absolute Gasteiger partial charge is 0.491 e. The minimum atomic E-state index is -0.247. The quantitative estimate of drug-likeness (QED) is 0.789. The number of amides is 1. The summed E-state index contributed by atoms with van der Waals surface area (Å²) in [5.74, 6) is 1.42. The minimum Gasteiger partial charge on any atom is -0.491 e. The van der Waals surface area contributed by atoms with Gasteiger partial charge >= 0.3 is 0 Å². The molecule has 0 aliphatic rings. The molecule has 2 aromatic rings. The van der Waals surface area contributed by atoms with E-state index in [9.17, 15) is 4.79 Å². The van der Waals surface area contributed by atoms with Crippen LogP contribution in [0.1, 0.15) is 19.4 Å². The Bertz CT molecular complexity index is 701. The summed E-state index contributed by atoms with van der Waals surface area (Å²) in [7, 11) is 0. The Kier molecular flexibility index (Phi) is 6.50. The summed E-state index contributed by atoms with van der Waals surface area (Å²) >= 11 is 5.97. The lowest BCUT2D eigenvalue weighted by Crippen LogP contribution is -2.20. The molecule has 0 spiro atoms. The predicted molar refractivity (Wildman–Crippen MR) is 97.1 cm³/mol. The number of aryl methyl sites for hydroxylation is 1. The van der Waals surface area contributed by atoms with Gasteiger partial charge in [-0.3, -0.25) is 4.79 Å². The van der Waals surface area contributed by atoms with E-state index >= 15 is 0 Å². The number of anilines is 1. The number of carbonyl (C=O) groups is 1. The van der Waals surface area contributed by atoms with Crippen molar-refractivity contribution in [3.05, 3.63) is 53.1 Å². The summed E-state index contributed by atoms with van der Waals surface area (Å²) in [6, 6.07) is 12.7. The van der Waals surface area contributed by atoms with Crippen LogP contribution < -0.4 is 14.8 Å². The van der Waals surface area contributed by atoms with Crippen LogP contribution in [0.2, 0.25) is 5.02 Å². The maximum Gasteiger partial charge on any atom is 0.262 e. The van der Waals surface area contributed by atoms with E-state index in [2.05, 4.69) is 19.2 Å². The van der Waals surface area contributed by atoms with E-state index < -0.39 is 0 Å². The van der Waals surface area contributed by atoms with Crippen molar-refractivity contribution in [2.45, 2.75) is 20.8 Å². The fourth-order valence-corrected chi connectivity index (χ4v) is 2.11. The number of ether oxygens (including phenoxy) is 2. The van der Waals surface area contributed by atoms with Gasteiger partial charge in [0, 0.05) is 5.02 Å². The van der Waals surface area contributed by atoms with Gasteiger partial charge in [0.15, 0.2) is 6.61 Å². The third-order valence-electron chi connectivity index (χ3n) is 3.23. The number of hydrogen-bond donors (Lipinski definition) is 1. The Morgan fingerprint density at radius 1 is 1.17 bits per heavy atom. The minimum absolute atomic E-state index is 0.0837. The van der Waals surface area contributed by atoms with E-state index in [1.54, 1.807) is 24.3 Å². The molecular weight excluding hydrogens is 326 g/mol. The first-order valence-electron chi connectivity index (χ1n) is 7.86. The second-order valence-corrected chi connectivity index (χ2v) is 6.36. The van der Waals surface area contributed by atoms with Gasteiger partial charge in [0.25, 0.3) is 5.91 Å². The molecule has 0 unspecified atom stereocenters. The topological polar surface area (TPSA) is 47.6 Å². The zero-order valence-corrected chi connectivity index (χ0v) is 14.9. The highest BCUT2D eigenvalue weighted by atomic mass is 35.5. The van der Waals surface area contributed by atoms with Gasteiger partial charge in [-0.05, 0) is 48.7 Å². The number of para-hydroxylation sites is 2. The second-order valence-electron chi connectivity index (χ2n) is 5.95. The van der Waals surface area contributed by atoms with Crippen molar-refractivity contribution < 1.29 is 14.3 Å². The van der Waals surface area contributed by atoms with Crippen molar-refractivity contribution in [1.82, 2.24) is 0 Å². The Morgan fingerprint density at radius 2 is 1.92 bits per heavy atom. The van der Waals surface area contributed by atoms with Crippen LogP contribution >= 0.6 is 11.6 Å². The second kappa shape index (κ2) is 8.60. The molecule has 2 aromatic carbocycles. The van der Waals surface area contributed by atoms with E-state index in [-0.39, 0.29) is 12.5 Å². The van der Waals surface area contributed by atoms with Crippen LogP contribution in [0.25, 0.3) is 0 Å². The van der Waals surface area contributed by atoms with Crippen molar-refractivity contribution in [3.63, 3.8) is 0 Å². The number of hydrogen-bond acceptors (Lipinski definition) is 3. The highest BCUT2D eigenvalue weighted by molar-refractivity contribution is 6.31. The molecule has 24 heavy (non-hydrogen) atoms. The van der Waals surface area contributed by atoms with Crippen LogP contribution in [-0.4, -0.2) is 19.1 Å². The molecule has 0 aromatic heterocycles. The fourth-order valence-electron chi connectivity index (χ4n) is 1.99. The highest BCUT2D eigenvalue weighted by Gasteiger charge is 2.09. The normalized spacial score (nSPS) is 10.5. The molecule has 0 atom stereocenters. The average molecular weight is 348 g/mol. The van der Waals surface area contributed by atoms with E-state index in [0.717, 1.165) is 5.56 Å². The SMILES string of the molecule is Cc1cc(OCC(=O)Nc2ccccc2OCC(C)C)ccc1Cl. The Labute approximate surface area is 147 Å². The lowest BCUT2D eigenvalue weighted by atomic mass is 10.2. The monoisotopic (exact) mass is 347 g/mol. The maximum absolute atomic E-state index is 12.1. The number of carbonyl (C=O) groups excluding carboxylic acids is 1. The first kappa shape index (κ1) is 18.1. The summed E-state index contributed by atoms with van der Waals surface area (Å²) in [5, 5.41) is 3.48. The smallest absolute Gasteiger partial charge is 0.262 e. The Balaban J connectivity index is 1.93.